The smallest absolute Gasteiger partial charge is 0.422 e. The zero-order valence-electron chi connectivity index (χ0n) is 6.10. The summed E-state index contributed by atoms with van der Waals surface area (Å²) in [6, 6.07) is 1.70. The maximum atomic E-state index is 8.89. The van der Waals surface area contributed by atoms with Crippen molar-refractivity contribution in [3.05, 3.63) is 18.6 Å². The van der Waals surface area contributed by atoms with Crippen LogP contribution in [0, 0.1) is 0 Å². The molecule has 0 saturated carbocycles. The summed E-state index contributed by atoms with van der Waals surface area (Å²) in [5, 5.41) is 18.4. The van der Waals surface area contributed by atoms with Gasteiger partial charge < -0.3 is 15.0 Å². The molecule has 3 N–H and O–H groups in total. The Morgan fingerprint density at radius 2 is 2.17 bits per heavy atom. The third-order valence-corrected chi connectivity index (χ3v) is 1.63. The van der Waals surface area contributed by atoms with E-state index in [0.717, 1.165) is 0 Å². The summed E-state index contributed by atoms with van der Waals surface area (Å²) in [7, 11) is -1.55. The lowest BCUT2D eigenvalue weighted by atomic mass is 9.84. The molecule has 0 aliphatic carbocycles. The molecule has 0 fully saturated rings. The molecule has 0 saturated heterocycles. The monoisotopic (exact) mass is 163 g/mol. The predicted octanol–water partition coefficient (Wildman–Crippen LogP) is -1.36. The predicted molar refractivity (Wildman–Crippen MR) is 43.7 cm³/mol. The van der Waals surface area contributed by atoms with Gasteiger partial charge in [-0.05, 0) is 6.07 Å². The zero-order valence-corrected chi connectivity index (χ0v) is 6.10. The fraction of sp³-hybridized carbons (Fsp3) is 0. The molecule has 2 heterocycles. The lowest BCUT2D eigenvalue weighted by molar-refractivity contribution is 0.424. The molecular formula is C6H6BN3O2. The normalized spacial score (nSPS) is 10.5. The van der Waals surface area contributed by atoms with Gasteiger partial charge in [0.05, 0.1) is 5.59 Å². The van der Waals surface area contributed by atoms with E-state index in [4.69, 9.17) is 10.0 Å². The SMILES string of the molecule is OB(O)c1ncnc2[nH]ccc12. The zero-order chi connectivity index (χ0) is 8.55. The van der Waals surface area contributed by atoms with Crippen LogP contribution in [0.15, 0.2) is 18.6 Å². The molecular weight excluding hydrogens is 157 g/mol. The number of rotatable bonds is 1. The molecule has 0 unspecified atom stereocenters. The maximum absolute atomic E-state index is 8.89. The number of aromatic nitrogens is 3. The van der Waals surface area contributed by atoms with Crippen LogP contribution in [0.3, 0.4) is 0 Å². The van der Waals surface area contributed by atoms with Crippen LogP contribution in [0.2, 0.25) is 0 Å². The van der Waals surface area contributed by atoms with Gasteiger partial charge in [0.15, 0.2) is 0 Å². The quantitative estimate of drug-likeness (QED) is 0.453. The Balaban J connectivity index is 2.73. The van der Waals surface area contributed by atoms with Gasteiger partial charge in [-0.3, -0.25) is 0 Å². The van der Waals surface area contributed by atoms with Crippen molar-refractivity contribution in [2.75, 3.05) is 0 Å². The maximum Gasteiger partial charge on any atom is 0.508 e. The summed E-state index contributed by atoms with van der Waals surface area (Å²) in [4.78, 5) is 10.5. The standard InChI is InChI=1S/C6H6BN3O2/c11-7(12)5-4-1-2-8-6(4)10-3-9-5/h1-3,11-12H,(H,8,9,10). The van der Waals surface area contributed by atoms with E-state index in [-0.39, 0.29) is 5.59 Å². The van der Waals surface area contributed by atoms with E-state index in [1.54, 1.807) is 12.3 Å². The lowest BCUT2D eigenvalue weighted by Crippen LogP contribution is -2.33. The van der Waals surface area contributed by atoms with E-state index in [2.05, 4.69) is 15.0 Å². The third kappa shape index (κ3) is 0.974. The molecule has 2 rings (SSSR count). The van der Waals surface area contributed by atoms with Crippen molar-refractivity contribution in [1.29, 1.82) is 0 Å². The second-order valence-electron chi connectivity index (χ2n) is 2.37. The van der Waals surface area contributed by atoms with Gasteiger partial charge in [-0.25, -0.2) is 9.97 Å². The van der Waals surface area contributed by atoms with E-state index >= 15 is 0 Å². The number of nitrogens with zero attached hydrogens (tertiary/aromatic N) is 2. The number of H-pyrrole nitrogens is 1. The minimum absolute atomic E-state index is 0.223. The third-order valence-electron chi connectivity index (χ3n) is 1.63. The van der Waals surface area contributed by atoms with Gasteiger partial charge in [-0.2, -0.15) is 0 Å². The van der Waals surface area contributed by atoms with E-state index in [0.29, 0.717) is 11.0 Å². The summed E-state index contributed by atoms with van der Waals surface area (Å²) >= 11 is 0. The van der Waals surface area contributed by atoms with Gasteiger partial charge >= 0.3 is 7.12 Å². The van der Waals surface area contributed by atoms with Gasteiger partial charge in [0.1, 0.15) is 12.0 Å². The topological polar surface area (TPSA) is 82.0 Å². The highest BCUT2D eigenvalue weighted by Gasteiger charge is 2.16. The van der Waals surface area contributed by atoms with Crippen LogP contribution >= 0.6 is 0 Å². The van der Waals surface area contributed by atoms with Crippen molar-refractivity contribution in [3.63, 3.8) is 0 Å². The molecule has 60 valence electrons. The molecule has 0 aliphatic rings. The molecule has 0 radical (unpaired) electrons. The average molecular weight is 163 g/mol. The van der Waals surface area contributed by atoms with Crippen LogP contribution in [0.25, 0.3) is 11.0 Å². The Bertz CT molecular complexity index is 400. The minimum Gasteiger partial charge on any atom is -0.422 e. The Labute approximate surface area is 68.2 Å². The molecule has 2 aromatic heterocycles. The first-order valence-corrected chi connectivity index (χ1v) is 3.43. The molecule has 12 heavy (non-hydrogen) atoms. The van der Waals surface area contributed by atoms with E-state index < -0.39 is 7.12 Å². The Morgan fingerprint density at radius 3 is 2.92 bits per heavy atom. The first-order chi connectivity index (χ1) is 5.79. The summed E-state index contributed by atoms with van der Waals surface area (Å²) in [6.07, 6.45) is 2.96. The highest BCUT2D eigenvalue weighted by Crippen LogP contribution is 2.03. The molecule has 0 spiro atoms. The molecule has 6 heteroatoms. The molecule has 0 amide bonds. The van der Waals surface area contributed by atoms with Crippen molar-refractivity contribution in [2.24, 2.45) is 0 Å². The Hall–Kier alpha value is -1.40. The van der Waals surface area contributed by atoms with E-state index in [1.165, 1.54) is 6.33 Å². The summed E-state index contributed by atoms with van der Waals surface area (Å²) in [5.41, 5.74) is 0.828. The van der Waals surface area contributed by atoms with Crippen LogP contribution < -0.4 is 5.59 Å². The number of fused-ring (bicyclic) bond motifs is 1. The highest BCUT2D eigenvalue weighted by molar-refractivity contribution is 6.60. The fourth-order valence-electron chi connectivity index (χ4n) is 1.10. The van der Waals surface area contributed by atoms with Gasteiger partial charge in [-0.15, -0.1) is 0 Å². The fourth-order valence-corrected chi connectivity index (χ4v) is 1.10. The van der Waals surface area contributed by atoms with Crippen LogP contribution in [-0.2, 0) is 0 Å². The molecule has 0 aliphatic heterocycles. The van der Waals surface area contributed by atoms with Gasteiger partial charge in [0, 0.05) is 11.6 Å². The van der Waals surface area contributed by atoms with Crippen LogP contribution in [0.5, 0.6) is 0 Å². The van der Waals surface area contributed by atoms with Crippen molar-refractivity contribution in [2.45, 2.75) is 0 Å². The first kappa shape index (κ1) is 7.26. The Morgan fingerprint density at radius 1 is 1.33 bits per heavy atom. The molecule has 5 nitrogen and oxygen atoms in total. The van der Waals surface area contributed by atoms with Gasteiger partial charge in [0.25, 0.3) is 0 Å². The molecule has 2 aromatic rings. The van der Waals surface area contributed by atoms with Crippen molar-refractivity contribution < 1.29 is 10.0 Å². The van der Waals surface area contributed by atoms with Gasteiger partial charge in [0.2, 0.25) is 0 Å². The largest absolute Gasteiger partial charge is 0.508 e. The average Bonchev–Trinajstić information content (AvgIpc) is 2.49. The van der Waals surface area contributed by atoms with Crippen LogP contribution in [0.4, 0.5) is 0 Å². The highest BCUT2D eigenvalue weighted by atomic mass is 16.4. The number of hydrogen-bond acceptors (Lipinski definition) is 4. The van der Waals surface area contributed by atoms with Gasteiger partial charge in [-0.1, -0.05) is 0 Å². The number of nitrogens with one attached hydrogen (secondary N) is 1. The molecule has 0 aromatic carbocycles. The van der Waals surface area contributed by atoms with Crippen molar-refractivity contribution in [1.82, 2.24) is 15.0 Å². The number of aromatic amines is 1. The van der Waals surface area contributed by atoms with Crippen LogP contribution in [-0.4, -0.2) is 32.1 Å². The molecule has 0 atom stereocenters. The van der Waals surface area contributed by atoms with E-state index in [1.807, 2.05) is 0 Å². The van der Waals surface area contributed by atoms with Crippen molar-refractivity contribution in [3.8, 4) is 0 Å². The molecule has 0 bridgehead atoms. The minimum atomic E-state index is -1.55. The second kappa shape index (κ2) is 2.58. The van der Waals surface area contributed by atoms with Crippen molar-refractivity contribution >= 4 is 23.7 Å². The summed E-state index contributed by atoms with van der Waals surface area (Å²) in [5.74, 6) is 0. The Kier molecular flexibility index (Phi) is 1.56. The summed E-state index contributed by atoms with van der Waals surface area (Å²) in [6.45, 7) is 0. The van der Waals surface area contributed by atoms with Crippen LogP contribution in [0.1, 0.15) is 0 Å². The first-order valence-electron chi connectivity index (χ1n) is 3.43. The summed E-state index contributed by atoms with van der Waals surface area (Å²) < 4.78 is 0. The second-order valence-corrected chi connectivity index (χ2v) is 2.37. The van der Waals surface area contributed by atoms with E-state index in [9.17, 15) is 0 Å². The lowest BCUT2D eigenvalue weighted by Gasteiger charge is -1.97. The number of hydrogen-bond donors (Lipinski definition) is 3.